The molecular formula is C13H11NOS2. The van der Waals surface area contributed by atoms with Crippen molar-refractivity contribution in [1.82, 2.24) is 5.32 Å². The van der Waals surface area contributed by atoms with E-state index in [-0.39, 0.29) is 5.91 Å². The van der Waals surface area contributed by atoms with Crippen molar-refractivity contribution in [2.24, 2.45) is 0 Å². The van der Waals surface area contributed by atoms with Crippen molar-refractivity contribution in [3.05, 3.63) is 46.4 Å². The molecule has 2 rings (SSSR count). The van der Waals surface area contributed by atoms with E-state index in [0.717, 1.165) is 16.7 Å². The van der Waals surface area contributed by atoms with Crippen LogP contribution >= 0.6 is 24.0 Å². The molecule has 1 aromatic carbocycles. The highest BCUT2D eigenvalue weighted by atomic mass is 32.2. The van der Waals surface area contributed by atoms with E-state index in [9.17, 15) is 4.79 Å². The second-order valence-corrected chi connectivity index (χ2v) is 5.39. The summed E-state index contributed by atoms with van der Waals surface area (Å²) in [6, 6.07) is 6.01. The van der Waals surface area contributed by atoms with Crippen molar-refractivity contribution >= 4 is 46.4 Å². The van der Waals surface area contributed by atoms with Gasteiger partial charge in [-0.25, -0.2) is 0 Å². The van der Waals surface area contributed by atoms with Crippen LogP contribution in [0.5, 0.6) is 0 Å². The molecule has 4 heteroatoms. The van der Waals surface area contributed by atoms with E-state index in [0.29, 0.717) is 9.23 Å². The number of amides is 1. The van der Waals surface area contributed by atoms with Crippen molar-refractivity contribution in [2.75, 3.05) is 0 Å². The van der Waals surface area contributed by atoms with Crippen LogP contribution in [0.1, 0.15) is 16.7 Å². The van der Waals surface area contributed by atoms with Gasteiger partial charge in [-0.05, 0) is 35.8 Å². The zero-order valence-electron chi connectivity index (χ0n) is 9.32. The number of hydrogen-bond donors (Lipinski definition) is 1. The van der Waals surface area contributed by atoms with Crippen LogP contribution in [0.15, 0.2) is 29.7 Å². The zero-order chi connectivity index (χ0) is 12.4. The normalized spacial score (nSPS) is 17.4. The number of thiocarbonyl (C=S) groups is 1. The van der Waals surface area contributed by atoms with Crippen LogP contribution < -0.4 is 5.32 Å². The smallest absolute Gasteiger partial charge is 0.263 e. The van der Waals surface area contributed by atoms with Crippen molar-refractivity contribution in [1.29, 1.82) is 0 Å². The molecule has 0 aliphatic carbocycles. The summed E-state index contributed by atoms with van der Waals surface area (Å²) in [6.07, 6.45) is 3.65. The van der Waals surface area contributed by atoms with Gasteiger partial charge in [0.25, 0.3) is 5.91 Å². The zero-order valence-corrected chi connectivity index (χ0v) is 11.0. The Balaban J connectivity index is 2.41. The molecule has 2 nitrogen and oxygen atoms in total. The Hall–Kier alpha value is -1.39. The standard InChI is InChI=1S/C13H11NOS2/c1-3-9-5-4-8(2)10(6-9)7-11-12(15)14-13(16)17-11/h3-7H,1H2,2H3,(H,14,15,16)/b11-7-. The number of carbonyl (C=O) groups is 1. The quantitative estimate of drug-likeness (QED) is 0.655. The summed E-state index contributed by atoms with van der Waals surface area (Å²) in [5.74, 6) is -0.122. The highest BCUT2D eigenvalue weighted by Gasteiger charge is 2.22. The summed E-state index contributed by atoms with van der Waals surface area (Å²) in [6.45, 7) is 5.74. The highest BCUT2D eigenvalue weighted by Crippen LogP contribution is 2.27. The molecule has 1 fully saturated rings. The van der Waals surface area contributed by atoms with Crippen LogP contribution in [0.25, 0.3) is 12.2 Å². The lowest BCUT2D eigenvalue weighted by atomic mass is 10.0. The predicted octanol–water partition coefficient (Wildman–Crippen LogP) is 3.13. The monoisotopic (exact) mass is 261 g/mol. The minimum absolute atomic E-state index is 0.122. The van der Waals surface area contributed by atoms with E-state index in [1.807, 2.05) is 31.2 Å². The molecule has 1 amide bonds. The molecular weight excluding hydrogens is 250 g/mol. The summed E-state index contributed by atoms with van der Waals surface area (Å²) in [5, 5.41) is 2.60. The van der Waals surface area contributed by atoms with E-state index in [4.69, 9.17) is 12.2 Å². The third-order valence-electron chi connectivity index (χ3n) is 2.47. The fourth-order valence-electron chi connectivity index (χ4n) is 1.50. The van der Waals surface area contributed by atoms with Crippen molar-refractivity contribution < 1.29 is 4.79 Å². The second kappa shape index (κ2) is 4.85. The van der Waals surface area contributed by atoms with Crippen LogP contribution in [0.2, 0.25) is 0 Å². The molecule has 0 spiro atoms. The van der Waals surface area contributed by atoms with Crippen LogP contribution in [-0.2, 0) is 4.79 Å². The molecule has 17 heavy (non-hydrogen) atoms. The fourth-order valence-corrected chi connectivity index (χ4v) is 2.54. The molecule has 1 N–H and O–H groups in total. The van der Waals surface area contributed by atoms with Gasteiger partial charge < -0.3 is 5.32 Å². The molecule has 0 saturated carbocycles. The van der Waals surface area contributed by atoms with Crippen LogP contribution in [-0.4, -0.2) is 10.2 Å². The van der Waals surface area contributed by atoms with Gasteiger partial charge in [0, 0.05) is 0 Å². The van der Waals surface area contributed by atoms with Gasteiger partial charge in [0.1, 0.15) is 4.32 Å². The third-order valence-corrected chi connectivity index (χ3v) is 3.63. The maximum Gasteiger partial charge on any atom is 0.263 e. The van der Waals surface area contributed by atoms with Gasteiger partial charge in [-0.15, -0.1) is 0 Å². The Morgan fingerprint density at radius 1 is 1.47 bits per heavy atom. The topological polar surface area (TPSA) is 29.1 Å². The summed E-state index contributed by atoms with van der Waals surface area (Å²) >= 11 is 6.24. The molecule has 1 aliphatic heterocycles. The molecule has 0 bridgehead atoms. The summed E-state index contributed by atoms with van der Waals surface area (Å²) in [5.41, 5.74) is 3.17. The minimum atomic E-state index is -0.122. The predicted molar refractivity (Wildman–Crippen MR) is 77.6 cm³/mol. The van der Waals surface area contributed by atoms with E-state index in [1.165, 1.54) is 11.8 Å². The second-order valence-electron chi connectivity index (χ2n) is 3.67. The molecule has 1 heterocycles. The summed E-state index contributed by atoms with van der Waals surface area (Å²) in [7, 11) is 0. The first kappa shape index (κ1) is 12.1. The molecule has 0 radical (unpaired) electrons. The Morgan fingerprint density at radius 3 is 2.82 bits per heavy atom. The van der Waals surface area contributed by atoms with Gasteiger partial charge in [0.05, 0.1) is 4.91 Å². The van der Waals surface area contributed by atoms with Crippen molar-refractivity contribution in [3.8, 4) is 0 Å². The van der Waals surface area contributed by atoms with Gasteiger partial charge in [-0.2, -0.15) is 0 Å². The molecule has 86 valence electrons. The van der Waals surface area contributed by atoms with Crippen LogP contribution in [0.3, 0.4) is 0 Å². The van der Waals surface area contributed by atoms with Gasteiger partial charge in [-0.1, -0.05) is 48.8 Å². The number of carbonyl (C=O) groups excluding carboxylic acids is 1. The first-order valence-electron chi connectivity index (χ1n) is 5.08. The molecule has 0 unspecified atom stereocenters. The maximum atomic E-state index is 11.5. The first-order chi connectivity index (χ1) is 8.10. The highest BCUT2D eigenvalue weighted by molar-refractivity contribution is 8.26. The molecule has 1 aromatic rings. The van der Waals surface area contributed by atoms with E-state index in [1.54, 1.807) is 6.08 Å². The average molecular weight is 261 g/mol. The van der Waals surface area contributed by atoms with Gasteiger partial charge >= 0.3 is 0 Å². The van der Waals surface area contributed by atoms with E-state index in [2.05, 4.69) is 11.9 Å². The minimum Gasteiger partial charge on any atom is -0.307 e. The number of thioether (sulfide) groups is 1. The number of aryl methyl sites for hydroxylation is 1. The van der Waals surface area contributed by atoms with Crippen LogP contribution in [0.4, 0.5) is 0 Å². The fraction of sp³-hybridized carbons (Fsp3) is 0.0769. The summed E-state index contributed by atoms with van der Waals surface area (Å²) < 4.78 is 0.513. The Kier molecular flexibility index (Phi) is 3.45. The van der Waals surface area contributed by atoms with Crippen molar-refractivity contribution in [2.45, 2.75) is 6.92 Å². The Labute approximate surface area is 110 Å². The van der Waals surface area contributed by atoms with E-state index < -0.39 is 0 Å². The molecule has 1 saturated heterocycles. The number of rotatable bonds is 2. The lowest BCUT2D eigenvalue weighted by molar-refractivity contribution is -0.115. The largest absolute Gasteiger partial charge is 0.307 e. The van der Waals surface area contributed by atoms with Gasteiger partial charge in [0.2, 0.25) is 0 Å². The molecule has 0 aromatic heterocycles. The van der Waals surface area contributed by atoms with Crippen molar-refractivity contribution in [3.63, 3.8) is 0 Å². The maximum absolute atomic E-state index is 11.5. The van der Waals surface area contributed by atoms with Crippen LogP contribution in [0, 0.1) is 6.92 Å². The van der Waals surface area contributed by atoms with E-state index >= 15 is 0 Å². The van der Waals surface area contributed by atoms with Gasteiger partial charge in [-0.3, -0.25) is 4.79 Å². The SMILES string of the molecule is C=Cc1ccc(C)c(/C=C2\SC(=S)NC2=O)c1. The first-order valence-corrected chi connectivity index (χ1v) is 6.30. The lowest BCUT2D eigenvalue weighted by Gasteiger charge is -2.02. The molecule has 0 atom stereocenters. The Morgan fingerprint density at radius 2 is 2.24 bits per heavy atom. The van der Waals surface area contributed by atoms with Gasteiger partial charge in [0.15, 0.2) is 0 Å². The Bertz CT molecular complexity index is 546. The lowest BCUT2D eigenvalue weighted by Crippen LogP contribution is -2.17. The average Bonchev–Trinajstić information content (AvgIpc) is 2.60. The number of hydrogen-bond acceptors (Lipinski definition) is 3. The third kappa shape index (κ3) is 2.65. The number of benzene rings is 1. The number of nitrogens with one attached hydrogen (secondary N) is 1. The summed E-state index contributed by atoms with van der Waals surface area (Å²) in [4.78, 5) is 12.2. The molecule has 1 aliphatic rings.